The summed E-state index contributed by atoms with van der Waals surface area (Å²) >= 11 is 0. The minimum Gasteiger partial charge on any atom is -0.399 e. The van der Waals surface area contributed by atoms with Gasteiger partial charge in [0.05, 0.1) is 0 Å². The first-order chi connectivity index (χ1) is 8.83. The van der Waals surface area contributed by atoms with E-state index in [9.17, 15) is 12.8 Å². The number of nitrogens with two attached hydrogens (primary N) is 1. The van der Waals surface area contributed by atoms with E-state index in [0.717, 1.165) is 19.0 Å². The monoisotopic (exact) mass is 289 g/mol. The Labute approximate surface area is 113 Å². The fourth-order valence-corrected chi connectivity index (χ4v) is 2.70. The number of nitrogens with zero attached hydrogens (tertiary/aromatic N) is 1. The lowest BCUT2D eigenvalue weighted by Gasteiger charge is -2.10. The van der Waals surface area contributed by atoms with E-state index in [2.05, 4.69) is 4.72 Å². The molecule has 0 fully saturated rings. The lowest BCUT2D eigenvalue weighted by molar-refractivity contribution is 0.394. The summed E-state index contributed by atoms with van der Waals surface area (Å²) < 4.78 is 39.6. The highest BCUT2D eigenvalue weighted by atomic mass is 32.2. The maximum atomic E-state index is 13.5. The summed E-state index contributed by atoms with van der Waals surface area (Å²) in [4.78, 5) is 1.66. The van der Waals surface area contributed by atoms with Gasteiger partial charge in [-0.1, -0.05) is 0 Å². The minimum atomic E-state index is -3.80. The van der Waals surface area contributed by atoms with Crippen LogP contribution in [-0.2, 0) is 10.0 Å². The average Bonchev–Trinajstić information content (AvgIpc) is 2.27. The Kier molecular flexibility index (Phi) is 5.71. The normalized spacial score (nSPS) is 12.0. The molecule has 19 heavy (non-hydrogen) atoms. The summed E-state index contributed by atoms with van der Waals surface area (Å²) in [7, 11) is 0.102. The molecule has 0 unspecified atom stereocenters. The molecule has 0 amide bonds. The largest absolute Gasteiger partial charge is 0.399 e. The van der Waals surface area contributed by atoms with Crippen LogP contribution in [0.5, 0.6) is 0 Å². The van der Waals surface area contributed by atoms with Gasteiger partial charge in [0.15, 0.2) is 0 Å². The van der Waals surface area contributed by atoms with Crippen LogP contribution >= 0.6 is 0 Å². The van der Waals surface area contributed by atoms with Gasteiger partial charge in [-0.05, 0) is 51.7 Å². The molecule has 0 spiro atoms. The smallest absolute Gasteiger partial charge is 0.243 e. The van der Waals surface area contributed by atoms with Crippen molar-refractivity contribution < 1.29 is 12.8 Å². The molecule has 3 N–H and O–H groups in total. The van der Waals surface area contributed by atoms with Gasteiger partial charge in [-0.3, -0.25) is 0 Å². The molecule has 5 nitrogen and oxygen atoms in total. The Morgan fingerprint density at radius 2 is 2.00 bits per heavy atom. The molecule has 7 heteroatoms. The van der Waals surface area contributed by atoms with Crippen molar-refractivity contribution in [2.45, 2.75) is 17.7 Å². The van der Waals surface area contributed by atoms with Gasteiger partial charge in [0, 0.05) is 12.2 Å². The third-order valence-electron chi connectivity index (χ3n) is 2.57. The van der Waals surface area contributed by atoms with Crippen LogP contribution in [0, 0.1) is 5.82 Å². The van der Waals surface area contributed by atoms with E-state index in [1.165, 1.54) is 12.1 Å². The van der Waals surface area contributed by atoms with Gasteiger partial charge in [0.25, 0.3) is 0 Å². The summed E-state index contributed by atoms with van der Waals surface area (Å²) in [6.45, 7) is 1.18. The van der Waals surface area contributed by atoms with Crippen LogP contribution in [0.15, 0.2) is 23.1 Å². The fourth-order valence-electron chi connectivity index (χ4n) is 1.57. The quantitative estimate of drug-likeness (QED) is 0.580. The Morgan fingerprint density at radius 1 is 1.32 bits per heavy atom. The van der Waals surface area contributed by atoms with Gasteiger partial charge < -0.3 is 10.6 Å². The van der Waals surface area contributed by atoms with E-state index in [1.54, 1.807) is 0 Å². The van der Waals surface area contributed by atoms with E-state index in [1.807, 2.05) is 19.0 Å². The van der Waals surface area contributed by atoms with Crippen LogP contribution in [0.2, 0.25) is 0 Å². The number of hydrogen-bond donors (Lipinski definition) is 2. The van der Waals surface area contributed by atoms with E-state index in [-0.39, 0.29) is 10.6 Å². The summed E-state index contributed by atoms with van der Waals surface area (Å²) in [6.07, 6.45) is 1.58. The van der Waals surface area contributed by atoms with Crippen LogP contribution < -0.4 is 10.5 Å². The summed E-state index contributed by atoms with van der Waals surface area (Å²) in [5.41, 5.74) is 5.58. The number of nitrogens with one attached hydrogen (secondary N) is 1. The first-order valence-electron chi connectivity index (χ1n) is 6.02. The topological polar surface area (TPSA) is 75.4 Å². The highest BCUT2D eigenvalue weighted by Crippen LogP contribution is 2.16. The van der Waals surface area contributed by atoms with Crippen molar-refractivity contribution >= 4 is 15.7 Å². The summed E-state index contributed by atoms with van der Waals surface area (Å²) in [5, 5.41) is 0. The zero-order valence-corrected chi connectivity index (χ0v) is 12.0. The van der Waals surface area contributed by atoms with Gasteiger partial charge in [-0.2, -0.15) is 0 Å². The molecule has 0 atom stereocenters. The Bertz CT molecular complexity index is 518. The Hall–Kier alpha value is -1.18. The van der Waals surface area contributed by atoms with Crippen molar-refractivity contribution in [3.05, 3.63) is 24.0 Å². The first kappa shape index (κ1) is 15.9. The lowest BCUT2D eigenvalue weighted by atomic mass is 10.3. The maximum absolute atomic E-state index is 13.5. The zero-order valence-electron chi connectivity index (χ0n) is 11.2. The Morgan fingerprint density at radius 3 is 2.58 bits per heavy atom. The second-order valence-electron chi connectivity index (χ2n) is 4.60. The van der Waals surface area contributed by atoms with Crippen LogP contribution in [0.4, 0.5) is 10.1 Å². The van der Waals surface area contributed by atoms with Crippen molar-refractivity contribution in [3.63, 3.8) is 0 Å². The molecule has 0 aliphatic heterocycles. The maximum Gasteiger partial charge on any atom is 0.243 e. The number of nitrogen functional groups attached to an aromatic ring is 1. The van der Waals surface area contributed by atoms with E-state index in [0.29, 0.717) is 13.0 Å². The molecule has 1 aromatic carbocycles. The molecule has 0 heterocycles. The number of hydrogen-bond acceptors (Lipinski definition) is 4. The van der Waals surface area contributed by atoms with Crippen LogP contribution in [0.1, 0.15) is 12.8 Å². The Balaban J connectivity index is 2.56. The molecular weight excluding hydrogens is 269 g/mol. The SMILES string of the molecule is CN(C)CCCCNS(=O)(=O)c1ccc(N)cc1F. The summed E-state index contributed by atoms with van der Waals surface area (Å²) in [5.74, 6) is -0.833. The van der Waals surface area contributed by atoms with Crippen molar-refractivity contribution in [2.24, 2.45) is 0 Å². The number of unbranched alkanes of at least 4 members (excludes halogenated alkanes) is 1. The minimum absolute atomic E-state index is 0.197. The number of rotatable bonds is 7. The van der Waals surface area contributed by atoms with E-state index in [4.69, 9.17) is 5.73 Å². The molecule has 0 aliphatic rings. The highest BCUT2D eigenvalue weighted by Gasteiger charge is 2.18. The first-order valence-corrected chi connectivity index (χ1v) is 7.50. The molecule has 0 saturated heterocycles. The molecule has 108 valence electrons. The van der Waals surface area contributed by atoms with Gasteiger partial charge in [-0.25, -0.2) is 17.5 Å². The molecule has 0 aliphatic carbocycles. The van der Waals surface area contributed by atoms with Crippen LogP contribution in [-0.4, -0.2) is 40.5 Å². The molecular formula is C12H20FN3O2S. The fraction of sp³-hybridized carbons (Fsp3) is 0.500. The second kappa shape index (κ2) is 6.83. The van der Waals surface area contributed by atoms with E-state index < -0.39 is 15.8 Å². The predicted octanol–water partition coefficient (Wildman–Crippen LogP) is 1.03. The molecule has 0 aromatic heterocycles. The number of anilines is 1. The average molecular weight is 289 g/mol. The highest BCUT2D eigenvalue weighted by molar-refractivity contribution is 7.89. The molecule has 1 rings (SSSR count). The van der Waals surface area contributed by atoms with Crippen LogP contribution in [0.25, 0.3) is 0 Å². The van der Waals surface area contributed by atoms with Crippen molar-refractivity contribution in [3.8, 4) is 0 Å². The van der Waals surface area contributed by atoms with Gasteiger partial charge >= 0.3 is 0 Å². The lowest BCUT2D eigenvalue weighted by Crippen LogP contribution is -2.26. The predicted molar refractivity (Wildman–Crippen MR) is 73.8 cm³/mol. The van der Waals surface area contributed by atoms with Crippen molar-refractivity contribution in [1.82, 2.24) is 9.62 Å². The summed E-state index contributed by atoms with van der Waals surface area (Å²) in [6, 6.07) is 3.54. The zero-order chi connectivity index (χ0) is 14.5. The van der Waals surface area contributed by atoms with Crippen LogP contribution in [0.3, 0.4) is 0 Å². The second-order valence-corrected chi connectivity index (χ2v) is 6.33. The third-order valence-corrected chi connectivity index (χ3v) is 4.06. The number of benzene rings is 1. The van der Waals surface area contributed by atoms with Crippen molar-refractivity contribution in [2.75, 3.05) is 32.9 Å². The number of sulfonamides is 1. The molecule has 1 aromatic rings. The molecule has 0 radical (unpaired) electrons. The molecule has 0 bridgehead atoms. The van der Waals surface area contributed by atoms with E-state index >= 15 is 0 Å². The van der Waals surface area contributed by atoms with Crippen molar-refractivity contribution in [1.29, 1.82) is 0 Å². The van der Waals surface area contributed by atoms with Gasteiger partial charge in [-0.15, -0.1) is 0 Å². The third kappa shape index (κ3) is 5.14. The van der Waals surface area contributed by atoms with Gasteiger partial charge in [0.1, 0.15) is 10.7 Å². The molecule has 0 saturated carbocycles. The number of halogens is 1. The van der Waals surface area contributed by atoms with Gasteiger partial charge in [0.2, 0.25) is 10.0 Å². The standard InChI is InChI=1S/C12H20FN3O2S/c1-16(2)8-4-3-7-15-19(17,18)12-6-5-10(14)9-11(12)13/h5-6,9,15H,3-4,7-8,14H2,1-2H3.